The van der Waals surface area contributed by atoms with Crippen molar-refractivity contribution in [1.29, 1.82) is 0 Å². The van der Waals surface area contributed by atoms with Crippen LogP contribution in [0.4, 0.5) is 4.79 Å². The van der Waals surface area contributed by atoms with E-state index in [0.717, 1.165) is 5.56 Å². The zero-order valence-corrected chi connectivity index (χ0v) is 11.8. The number of imide groups is 1. The van der Waals surface area contributed by atoms with Crippen molar-refractivity contribution in [3.8, 4) is 5.88 Å². The number of ether oxygens (including phenoxy) is 1. The number of carbonyl (C=O) groups excluding carboxylic acids is 2. The van der Waals surface area contributed by atoms with Gasteiger partial charge in [-0.05, 0) is 26.8 Å². The van der Waals surface area contributed by atoms with Gasteiger partial charge in [0.05, 0.1) is 12.1 Å². The molecule has 3 amide bonds. The predicted molar refractivity (Wildman–Crippen MR) is 74.0 cm³/mol. The van der Waals surface area contributed by atoms with Gasteiger partial charge in [-0.15, -0.1) is 0 Å². The molecule has 1 unspecified atom stereocenters. The summed E-state index contributed by atoms with van der Waals surface area (Å²) in [4.78, 5) is 26.3. The largest absolute Gasteiger partial charge is 0.475 e. The number of hydrogen-bond acceptors (Lipinski definition) is 5. The molecule has 0 fully saturated rings. The third kappa shape index (κ3) is 5.23. The molecule has 7 nitrogen and oxygen atoms in total. The minimum absolute atomic E-state index is 0.0132. The number of amides is 3. The van der Waals surface area contributed by atoms with E-state index in [-0.39, 0.29) is 6.10 Å². The summed E-state index contributed by atoms with van der Waals surface area (Å²) in [6, 6.07) is 2.22. The molecule has 0 bridgehead atoms. The fourth-order valence-corrected chi connectivity index (χ4v) is 1.47. The van der Waals surface area contributed by atoms with Crippen LogP contribution in [0.5, 0.6) is 5.88 Å². The molecule has 0 saturated carbocycles. The second kappa shape index (κ2) is 7.44. The molecule has 0 aliphatic carbocycles. The van der Waals surface area contributed by atoms with E-state index in [9.17, 15) is 9.59 Å². The summed E-state index contributed by atoms with van der Waals surface area (Å²) in [5.74, 6) is 0.0465. The highest BCUT2D eigenvalue weighted by Gasteiger charge is 2.15. The van der Waals surface area contributed by atoms with E-state index in [0.29, 0.717) is 12.4 Å². The molecule has 0 saturated heterocycles. The molecule has 1 heterocycles. The maximum atomic E-state index is 11.5. The SMILES string of the molecule is CC(C)Oc1ncccc1CNC(C)C(=O)NC(N)=O. The monoisotopic (exact) mass is 280 g/mol. The quantitative estimate of drug-likeness (QED) is 0.705. The summed E-state index contributed by atoms with van der Waals surface area (Å²) in [5.41, 5.74) is 5.72. The standard InChI is InChI=1S/C13H20N4O3/c1-8(2)20-12-10(5-4-6-15-12)7-16-9(3)11(18)17-13(14)19/h4-6,8-9,16H,7H2,1-3H3,(H3,14,17,18,19). The van der Waals surface area contributed by atoms with Gasteiger partial charge in [0.15, 0.2) is 0 Å². The molecular formula is C13H20N4O3. The Morgan fingerprint density at radius 3 is 2.70 bits per heavy atom. The number of primary amides is 1. The first kappa shape index (κ1) is 15.9. The Morgan fingerprint density at radius 1 is 1.40 bits per heavy atom. The van der Waals surface area contributed by atoms with Crippen molar-refractivity contribution in [3.63, 3.8) is 0 Å². The number of rotatable bonds is 6. The summed E-state index contributed by atoms with van der Waals surface area (Å²) >= 11 is 0. The predicted octanol–water partition coefficient (Wildman–Crippen LogP) is 0.542. The zero-order chi connectivity index (χ0) is 15.1. The van der Waals surface area contributed by atoms with Crippen LogP contribution in [0.1, 0.15) is 26.3 Å². The Balaban J connectivity index is 2.61. The molecule has 0 aromatic carbocycles. The highest BCUT2D eigenvalue weighted by Crippen LogP contribution is 2.15. The summed E-state index contributed by atoms with van der Waals surface area (Å²) in [6.45, 7) is 5.85. The topological polar surface area (TPSA) is 106 Å². The molecule has 4 N–H and O–H groups in total. The minimum atomic E-state index is -0.867. The first-order chi connectivity index (χ1) is 9.40. The van der Waals surface area contributed by atoms with E-state index in [1.54, 1.807) is 19.2 Å². The van der Waals surface area contributed by atoms with Crippen LogP contribution in [0.3, 0.4) is 0 Å². The maximum absolute atomic E-state index is 11.5. The molecule has 7 heteroatoms. The van der Waals surface area contributed by atoms with E-state index < -0.39 is 18.0 Å². The van der Waals surface area contributed by atoms with Crippen molar-refractivity contribution in [2.24, 2.45) is 5.73 Å². The number of carbonyl (C=O) groups is 2. The van der Waals surface area contributed by atoms with Gasteiger partial charge < -0.3 is 15.8 Å². The number of aromatic nitrogens is 1. The first-order valence-electron chi connectivity index (χ1n) is 6.34. The molecule has 110 valence electrons. The van der Waals surface area contributed by atoms with Crippen LogP contribution in [-0.4, -0.2) is 29.1 Å². The lowest BCUT2D eigenvalue weighted by Crippen LogP contribution is -2.46. The van der Waals surface area contributed by atoms with Crippen molar-refractivity contribution in [3.05, 3.63) is 23.9 Å². The molecule has 1 rings (SSSR count). The minimum Gasteiger partial charge on any atom is -0.475 e. The third-order valence-electron chi connectivity index (χ3n) is 2.44. The van der Waals surface area contributed by atoms with Gasteiger partial charge in [-0.3, -0.25) is 10.1 Å². The van der Waals surface area contributed by atoms with Gasteiger partial charge in [0, 0.05) is 18.3 Å². The van der Waals surface area contributed by atoms with Gasteiger partial charge in [-0.1, -0.05) is 6.07 Å². The highest BCUT2D eigenvalue weighted by molar-refractivity contribution is 5.96. The second-order valence-corrected chi connectivity index (χ2v) is 4.59. The average molecular weight is 280 g/mol. The Bertz CT molecular complexity index is 476. The van der Waals surface area contributed by atoms with Crippen molar-refractivity contribution in [2.75, 3.05) is 0 Å². The second-order valence-electron chi connectivity index (χ2n) is 4.59. The number of pyridine rings is 1. The maximum Gasteiger partial charge on any atom is 0.318 e. The molecule has 0 spiro atoms. The zero-order valence-electron chi connectivity index (χ0n) is 11.8. The van der Waals surface area contributed by atoms with Crippen LogP contribution in [0.15, 0.2) is 18.3 Å². The van der Waals surface area contributed by atoms with Crippen LogP contribution in [0.25, 0.3) is 0 Å². The van der Waals surface area contributed by atoms with Crippen molar-refractivity contribution < 1.29 is 14.3 Å². The van der Waals surface area contributed by atoms with Gasteiger partial charge in [0.1, 0.15) is 0 Å². The Morgan fingerprint density at radius 2 is 2.10 bits per heavy atom. The van der Waals surface area contributed by atoms with Crippen LogP contribution in [0, 0.1) is 0 Å². The van der Waals surface area contributed by atoms with E-state index in [4.69, 9.17) is 10.5 Å². The third-order valence-corrected chi connectivity index (χ3v) is 2.44. The molecular weight excluding hydrogens is 260 g/mol. The lowest BCUT2D eigenvalue weighted by Gasteiger charge is -2.15. The van der Waals surface area contributed by atoms with Crippen LogP contribution >= 0.6 is 0 Å². The lowest BCUT2D eigenvalue weighted by atomic mass is 10.2. The first-order valence-corrected chi connectivity index (χ1v) is 6.34. The Hall–Kier alpha value is -2.15. The van der Waals surface area contributed by atoms with Crippen LogP contribution in [-0.2, 0) is 11.3 Å². The van der Waals surface area contributed by atoms with Gasteiger partial charge in [0.25, 0.3) is 0 Å². The Labute approximate surface area is 117 Å². The molecule has 1 aromatic heterocycles. The molecule has 0 radical (unpaired) electrons. The summed E-state index contributed by atoms with van der Waals surface area (Å²) < 4.78 is 5.58. The van der Waals surface area contributed by atoms with Gasteiger partial charge in [-0.25, -0.2) is 9.78 Å². The number of hydrogen-bond donors (Lipinski definition) is 3. The average Bonchev–Trinajstić information content (AvgIpc) is 2.35. The molecule has 0 aliphatic heterocycles. The van der Waals surface area contributed by atoms with E-state index in [2.05, 4.69) is 10.3 Å². The van der Waals surface area contributed by atoms with E-state index in [1.807, 2.05) is 25.2 Å². The van der Waals surface area contributed by atoms with Gasteiger partial charge >= 0.3 is 6.03 Å². The van der Waals surface area contributed by atoms with E-state index >= 15 is 0 Å². The van der Waals surface area contributed by atoms with Crippen molar-refractivity contribution >= 4 is 11.9 Å². The number of nitrogens with zero attached hydrogens (tertiary/aromatic N) is 1. The number of nitrogens with two attached hydrogens (primary N) is 1. The number of urea groups is 1. The smallest absolute Gasteiger partial charge is 0.318 e. The van der Waals surface area contributed by atoms with E-state index in [1.165, 1.54) is 0 Å². The fourth-order valence-electron chi connectivity index (χ4n) is 1.47. The lowest BCUT2D eigenvalue weighted by molar-refractivity contribution is -0.121. The summed E-state index contributed by atoms with van der Waals surface area (Å²) in [7, 11) is 0. The molecule has 20 heavy (non-hydrogen) atoms. The molecule has 1 aromatic rings. The highest BCUT2D eigenvalue weighted by atomic mass is 16.5. The fraction of sp³-hybridized carbons (Fsp3) is 0.462. The van der Waals surface area contributed by atoms with Crippen LogP contribution < -0.4 is 21.1 Å². The Kier molecular flexibility index (Phi) is 5.92. The van der Waals surface area contributed by atoms with Gasteiger partial charge in [0.2, 0.25) is 11.8 Å². The van der Waals surface area contributed by atoms with Gasteiger partial charge in [-0.2, -0.15) is 0 Å². The summed E-state index contributed by atoms with van der Waals surface area (Å²) in [5, 5.41) is 4.99. The van der Waals surface area contributed by atoms with Crippen molar-refractivity contribution in [1.82, 2.24) is 15.6 Å². The normalized spacial score (nSPS) is 12.0. The summed E-state index contributed by atoms with van der Waals surface area (Å²) in [6.07, 6.45) is 1.66. The number of nitrogens with one attached hydrogen (secondary N) is 2. The molecule has 0 aliphatic rings. The molecule has 1 atom stereocenters. The van der Waals surface area contributed by atoms with Crippen LogP contribution in [0.2, 0.25) is 0 Å². The van der Waals surface area contributed by atoms with Crippen molar-refractivity contribution in [2.45, 2.75) is 39.5 Å².